The Balaban J connectivity index is 2.12. The number of hydrogen-bond acceptors (Lipinski definition) is 4. The van der Waals surface area contributed by atoms with E-state index in [-0.39, 0.29) is 37.4 Å². The van der Waals surface area contributed by atoms with Crippen LogP contribution in [0.4, 0.5) is 8.78 Å². The van der Waals surface area contributed by atoms with Crippen LogP contribution in [0.2, 0.25) is 0 Å². The maximum absolute atomic E-state index is 12.4. The fourth-order valence-electron chi connectivity index (χ4n) is 2.23. The largest absolute Gasteiger partial charge is 0.481 e. The van der Waals surface area contributed by atoms with Crippen LogP contribution in [0, 0.1) is 0 Å². The highest BCUT2D eigenvalue weighted by atomic mass is 19.3. The normalized spacial score (nSPS) is 18.3. The number of nitrogens with zero attached hydrogens (tertiary/aromatic N) is 1. The molecule has 1 fully saturated rings. The van der Waals surface area contributed by atoms with Crippen molar-refractivity contribution in [1.29, 1.82) is 0 Å². The summed E-state index contributed by atoms with van der Waals surface area (Å²) in [4.78, 5) is 24.5. The summed E-state index contributed by atoms with van der Waals surface area (Å²) in [5, 5.41) is 8.76. The van der Waals surface area contributed by atoms with Crippen LogP contribution < -0.4 is 4.74 Å². The summed E-state index contributed by atoms with van der Waals surface area (Å²) in [5.74, 6) is -1.72. The Morgan fingerprint density at radius 2 is 2.14 bits per heavy atom. The Kier molecular flexibility index (Phi) is 5.26. The minimum Gasteiger partial charge on any atom is -0.481 e. The molecule has 0 saturated carbocycles. The number of amides is 1. The average Bonchev–Trinajstić information content (AvgIpc) is 2.46. The molecule has 0 spiro atoms. The topological polar surface area (TPSA) is 76.1 Å². The molecule has 1 atom stereocenters. The van der Waals surface area contributed by atoms with Gasteiger partial charge in [-0.1, -0.05) is 12.1 Å². The van der Waals surface area contributed by atoms with E-state index in [2.05, 4.69) is 4.74 Å². The molecule has 0 bridgehead atoms. The summed E-state index contributed by atoms with van der Waals surface area (Å²) in [7, 11) is 0. The molecule has 1 saturated heterocycles. The van der Waals surface area contributed by atoms with E-state index in [9.17, 15) is 18.4 Å². The molecule has 1 unspecified atom stereocenters. The third-order valence-electron chi connectivity index (χ3n) is 3.16. The Bertz CT molecular complexity index is 552. The number of alkyl halides is 2. The number of ether oxygens (including phenoxy) is 2. The second-order valence-corrected chi connectivity index (χ2v) is 4.72. The van der Waals surface area contributed by atoms with Crippen molar-refractivity contribution in [2.75, 3.05) is 19.7 Å². The molecule has 6 nitrogen and oxygen atoms in total. The minimum atomic E-state index is -3.03. The average molecular weight is 315 g/mol. The van der Waals surface area contributed by atoms with E-state index in [1.807, 2.05) is 0 Å². The first kappa shape index (κ1) is 16.2. The number of morpholine rings is 1. The van der Waals surface area contributed by atoms with Gasteiger partial charge in [0, 0.05) is 13.1 Å². The predicted octanol–water partition coefficient (Wildman–Crippen LogP) is 1.60. The first-order valence-electron chi connectivity index (χ1n) is 6.64. The lowest BCUT2D eigenvalue weighted by Crippen LogP contribution is -2.46. The van der Waals surface area contributed by atoms with E-state index in [0.717, 1.165) is 0 Å². The Morgan fingerprint density at radius 3 is 2.82 bits per heavy atom. The van der Waals surface area contributed by atoms with Crippen molar-refractivity contribution in [3.05, 3.63) is 29.8 Å². The molecule has 1 aromatic carbocycles. The second-order valence-electron chi connectivity index (χ2n) is 4.72. The van der Waals surface area contributed by atoms with Crippen molar-refractivity contribution in [1.82, 2.24) is 4.90 Å². The Labute approximate surface area is 125 Å². The molecule has 22 heavy (non-hydrogen) atoms. The lowest BCUT2D eigenvalue weighted by molar-refractivity contribution is -0.141. The summed E-state index contributed by atoms with van der Waals surface area (Å²) in [6.45, 7) is -2.48. The number of carboxylic acid groups (broad SMARTS) is 1. The van der Waals surface area contributed by atoms with E-state index in [1.54, 1.807) is 6.07 Å². The molecule has 1 N–H and O–H groups in total. The van der Waals surface area contributed by atoms with Crippen molar-refractivity contribution in [2.45, 2.75) is 19.1 Å². The Morgan fingerprint density at radius 1 is 1.41 bits per heavy atom. The number of carbonyl (C=O) groups is 2. The summed E-state index contributed by atoms with van der Waals surface area (Å²) in [6.07, 6.45) is -0.836. The first-order chi connectivity index (χ1) is 10.5. The zero-order valence-electron chi connectivity index (χ0n) is 11.6. The first-order valence-corrected chi connectivity index (χ1v) is 6.64. The van der Waals surface area contributed by atoms with Crippen LogP contribution >= 0.6 is 0 Å². The van der Waals surface area contributed by atoms with Gasteiger partial charge in [-0.3, -0.25) is 9.59 Å². The number of aliphatic carboxylic acids is 1. The van der Waals surface area contributed by atoms with Gasteiger partial charge in [-0.05, 0) is 12.1 Å². The van der Waals surface area contributed by atoms with Crippen molar-refractivity contribution >= 4 is 11.9 Å². The summed E-state index contributed by atoms with van der Waals surface area (Å²) >= 11 is 0. The SMILES string of the molecule is O=C(O)CC1CN(C(=O)c2ccccc2OC(F)F)CCO1. The van der Waals surface area contributed by atoms with Crippen LogP contribution in [0.25, 0.3) is 0 Å². The summed E-state index contributed by atoms with van der Waals surface area (Å²) in [6, 6.07) is 5.71. The van der Waals surface area contributed by atoms with Crippen LogP contribution in [-0.2, 0) is 9.53 Å². The molecule has 1 aliphatic rings. The highest BCUT2D eigenvalue weighted by Gasteiger charge is 2.28. The number of carbonyl (C=O) groups excluding carboxylic acids is 1. The van der Waals surface area contributed by atoms with Crippen LogP contribution in [0.15, 0.2) is 24.3 Å². The molecule has 120 valence electrons. The van der Waals surface area contributed by atoms with E-state index in [1.165, 1.54) is 23.1 Å². The monoisotopic (exact) mass is 315 g/mol. The standard InChI is InChI=1S/C14H15F2NO5/c15-14(16)22-11-4-2-1-3-10(11)13(20)17-5-6-21-9(8-17)7-12(18)19/h1-4,9,14H,5-8H2,(H,18,19). The van der Waals surface area contributed by atoms with Gasteiger partial charge in [-0.2, -0.15) is 8.78 Å². The number of benzene rings is 1. The zero-order valence-corrected chi connectivity index (χ0v) is 11.6. The molecule has 0 aromatic heterocycles. The van der Waals surface area contributed by atoms with E-state index >= 15 is 0 Å². The van der Waals surface area contributed by atoms with Crippen molar-refractivity contribution in [2.24, 2.45) is 0 Å². The molecule has 2 rings (SSSR count). The van der Waals surface area contributed by atoms with Crippen LogP contribution in [0.3, 0.4) is 0 Å². The number of hydrogen-bond donors (Lipinski definition) is 1. The molecule has 1 aromatic rings. The molecular formula is C14H15F2NO5. The smallest absolute Gasteiger partial charge is 0.387 e. The summed E-state index contributed by atoms with van der Waals surface area (Å²) < 4.78 is 34.4. The predicted molar refractivity (Wildman–Crippen MR) is 71.0 cm³/mol. The molecule has 0 aliphatic carbocycles. The molecule has 1 amide bonds. The molecule has 8 heteroatoms. The van der Waals surface area contributed by atoms with Crippen molar-refractivity contribution in [3.63, 3.8) is 0 Å². The lowest BCUT2D eigenvalue weighted by atomic mass is 10.1. The van der Waals surface area contributed by atoms with Crippen LogP contribution in [0.1, 0.15) is 16.8 Å². The lowest BCUT2D eigenvalue weighted by Gasteiger charge is -2.32. The van der Waals surface area contributed by atoms with E-state index < -0.39 is 24.6 Å². The molecule has 1 heterocycles. The Hall–Kier alpha value is -2.22. The molecular weight excluding hydrogens is 300 g/mol. The van der Waals surface area contributed by atoms with Gasteiger partial charge in [0.15, 0.2) is 0 Å². The number of para-hydroxylation sites is 1. The van der Waals surface area contributed by atoms with Gasteiger partial charge in [0.2, 0.25) is 0 Å². The summed E-state index contributed by atoms with van der Waals surface area (Å²) in [5.41, 5.74) is 0.0128. The van der Waals surface area contributed by atoms with Gasteiger partial charge in [0.05, 0.1) is 24.7 Å². The number of rotatable bonds is 5. The minimum absolute atomic E-state index is 0.0128. The van der Waals surface area contributed by atoms with E-state index in [0.29, 0.717) is 0 Å². The highest BCUT2D eigenvalue weighted by molar-refractivity contribution is 5.97. The van der Waals surface area contributed by atoms with Gasteiger partial charge < -0.3 is 19.5 Å². The zero-order chi connectivity index (χ0) is 16.1. The quantitative estimate of drug-likeness (QED) is 0.893. The van der Waals surface area contributed by atoms with E-state index in [4.69, 9.17) is 9.84 Å². The van der Waals surface area contributed by atoms with Crippen LogP contribution in [0.5, 0.6) is 5.75 Å². The number of halogens is 2. The second kappa shape index (κ2) is 7.17. The maximum atomic E-state index is 12.4. The molecule has 0 radical (unpaired) electrons. The van der Waals surface area contributed by atoms with Gasteiger partial charge in [-0.25, -0.2) is 0 Å². The fraction of sp³-hybridized carbons (Fsp3) is 0.429. The third kappa shape index (κ3) is 4.14. The third-order valence-corrected chi connectivity index (χ3v) is 3.16. The molecule has 1 aliphatic heterocycles. The van der Waals surface area contributed by atoms with Crippen molar-refractivity contribution < 1.29 is 33.0 Å². The highest BCUT2D eigenvalue weighted by Crippen LogP contribution is 2.23. The fourth-order valence-corrected chi connectivity index (χ4v) is 2.23. The van der Waals surface area contributed by atoms with Gasteiger partial charge >= 0.3 is 12.6 Å². The van der Waals surface area contributed by atoms with Crippen molar-refractivity contribution in [3.8, 4) is 5.75 Å². The van der Waals surface area contributed by atoms with Gasteiger partial charge in [0.1, 0.15) is 5.75 Å². The maximum Gasteiger partial charge on any atom is 0.387 e. The van der Waals surface area contributed by atoms with Crippen LogP contribution in [-0.4, -0.2) is 54.3 Å². The van der Waals surface area contributed by atoms with Gasteiger partial charge in [0.25, 0.3) is 5.91 Å². The van der Waals surface area contributed by atoms with Gasteiger partial charge in [-0.15, -0.1) is 0 Å². The number of carboxylic acids is 1.